The molecule has 120 valence electrons. The summed E-state index contributed by atoms with van der Waals surface area (Å²) in [5, 5.41) is 3.09. The predicted molar refractivity (Wildman–Crippen MR) is 89.4 cm³/mol. The molecule has 1 aromatic heterocycles. The molecule has 0 aliphatic heterocycles. The average Bonchev–Trinajstić information content (AvgIpc) is 2.58. The fourth-order valence-corrected chi connectivity index (χ4v) is 2.18. The van der Waals surface area contributed by atoms with Gasteiger partial charge in [0.15, 0.2) is 0 Å². The zero-order valence-electron chi connectivity index (χ0n) is 12.8. The summed E-state index contributed by atoms with van der Waals surface area (Å²) < 4.78 is 0. The molecule has 0 fully saturated rings. The van der Waals surface area contributed by atoms with E-state index >= 15 is 0 Å². The number of carbonyl (C=O) groups excluding carboxylic acids is 2. The minimum Gasteiger partial charge on any atom is -0.344 e. The third-order valence-corrected chi connectivity index (χ3v) is 3.63. The number of hydrogen-bond acceptors (Lipinski definition) is 3. The Labute approximate surface area is 140 Å². The van der Waals surface area contributed by atoms with E-state index in [0.29, 0.717) is 17.1 Å². The van der Waals surface area contributed by atoms with E-state index < -0.39 is 0 Å². The Morgan fingerprint density at radius 1 is 1.22 bits per heavy atom. The van der Waals surface area contributed by atoms with Gasteiger partial charge < -0.3 is 10.2 Å². The van der Waals surface area contributed by atoms with Crippen LogP contribution in [0.15, 0.2) is 48.8 Å². The van der Waals surface area contributed by atoms with Gasteiger partial charge in [0, 0.05) is 36.6 Å². The van der Waals surface area contributed by atoms with Gasteiger partial charge >= 0.3 is 0 Å². The van der Waals surface area contributed by atoms with E-state index in [2.05, 4.69) is 10.3 Å². The minimum atomic E-state index is -0.316. The number of aromatic nitrogens is 1. The number of carbonyl (C=O) groups is 2. The van der Waals surface area contributed by atoms with Crippen LogP contribution >= 0.6 is 11.6 Å². The van der Waals surface area contributed by atoms with Crippen LogP contribution < -0.4 is 5.32 Å². The first-order chi connectivity index (χ1) is 11.1. The van der Waals surface area contributed by atoms with Crippen LogP contribution in [0.4, 0.5) is 0 Å². The molecule has 23 heavy (non-hydrogen) atoms. The van der Waals surface area contributed by atoms with Crippen LogP contribution in [0.5, 0.6) is 0 Å². The van der Waals surface area contributed by atoms with E-state index in [4.69, 9.17) is 11.6 Å². The first-order valence-electron chi connectivity index (χ1n) is 7.23. The molecule has 0 radical (unpaired) electrons. The minimum absolute atomic E-state index is 0.0435. The molecule has 2 rings (SSSR count). The second kappa shape index (κ2) is 8.29. The van der Waals surface area contributed by atoms with Crippen molar-refractivity contribution in [3.05, 3.63) is 64.9 Å². The Balaban J connectivity index is 1.78. The van der Waals surface area contributed by atoms with Crippen molar-refractivity contribution in [2.75, 3.05) is 20.1 Å². The quantitative estimate of drug-likeness (QED) is 0.882. The fourth-order valence-electron chi connectivity index (χ4n) is 1.99. The molecule has 0 saturated heterocycles. The van der Waals surface area contributed by atoms with Crippen LogP contribution in [0.2, 0.25) is 5.02 Å². The summed E-state index contributed by atoms with van der Waals surface area (Å²) in [5.74, 6) is -0.460. The van der Waals surface area contributed by atoms with Crippen molar-refractivity contribution in [2.45, 2.75) is 6.42 Å². The lowest BCUT2D eigenvalue weighted by molar-refractivity contribution is -0.128. The molecule has 0 spiro atoms. The molecule has 5 nitrogen and oxygen atoms in total. The molecular formula is C17H18ClN3O2. The number of nitrogens with one attached hydrogen (secondary N) is 1. The zero-order valence-corrected chi connectivity index (χ0v) is 13.6. The monoisotopic (exact) mass is 331 g/mol. The molecule has 0 aliphatic rings. The number of nitrogens with zero attached hydrogens (tertiary/aromatic N) is 2. The number of halogens is 1. The number of likely N-dealkylation sites (N-methyl/N-ethyl adjacent to an activating group) is 1. The van der Waals surface area contributed by atoms with Crippen molar-refractivity contribution < 1.29 is 9.59 Å². The second-order valence-corrected chi connectivity index (χ2v) is 5.55. The first kappa shape index (κ1) is 17.0. The Kier molecular flexibility index (Phi) is 6.11. The molecule has 1 N–H and O–H groups in total. The highest BCUT2D eigenvalue weighted by atomic mass is 35.5. The molecule has 0 saturated carbocycles. The summed E-state index contributed by atoms with van der Waals surface area (Å²) >= 11 is 5.84. The van der Waals surface area contributed by atoms with Gasteiger partial charge in [0.05, 0.1) is 6.54 Å². The van der Waals surface area contributed by atoms with Gasteiger partial charge in [-0.15, -0.1) is 0 Å². The summed E-state index contributed by atoms with van der Waals surface area (Å²) in [6.45, 7) is 0.536. The molecule has 0 bridgehead atoms. The molecular weight excluding hydrogens is 314 g/mol. The highest BCUT2D eigenvalue weighted by Gasteiger charge is 2.12. The van der Waals surface area contributed by atoms with Crippen LogP contribution in [-0.4, -0.2) is 41.8 Å². The number of amides is 2. The van der Waals surface area contributed by atoms with Crippen molar-refractivity contribution in [3.8, 4) is 0 Å². The summed E-state index contributed by atoms with van der Waals surface area (Å²) in [6.07, 6.45) is 4.19. The Bertz CT molecular complexity index is 677. The number of pyridine rings is 1. The normalized spacial score (nSPS) is 10.2. The van der Waals surface area contributed by atoms with E-state index in [1.807, 2.05) is 12.1 Å². The fraction of sp³-hybridized carbons (Fsp3) is 0.235. The van der Waals surface area contributed by atoms with Gasteiger partial charge in [-0.1, -0.05) is 17.7 Å². The summed E-state index contributed by atoms with van der Waals surface area (Å²) in [5.41, 5.74) is 1.55. The van der Waals surface area contributed by atoms with Crippen molar-refractivity contribution >= 4 is 23.4 Å². The number of hydrogen-bond donors (Lipinski definition) is 1. The molecule has 2 amide bonds. The summed E-state index contributed by atoms with van der Waals surface area (Å²) in [4.78, 5) is 29.5. The SMILES string of the molecule is CN(CCc1ccncc1)C(=O)CNC(=O)c1cccc(Cl)c1. The molecule has 0 atom stereocenters. The van der Waals surface area contributed by atoms with E-state index in [-0.39, 0.29) is 18.4 Å². The maximum atomic E-state index is 12.0. The summed E-state index contributed by atoms with van der Waals surface area (Å²) in [6, 6.07) is 10.4. The molecule has 1 heterocycles. The molecule has 1 aromatic carbocycles. The van der Waals surface area contributed by atoms with Crippen molar-refractivity contribution in [1.29, 1.82) is 0 Å². The molecule has 0 unspecified atom stereocenters. The first-order valence-corrected chi connectivity index (χ1v) is 7.60. The maximum Gasteiger partial charge on any atom is 0.251 e. The van der Waals surface area contributed by atoms with E-state index in [1.165, 1.54) is 0 Å². The highest BCUT2D eigenvalue weighted by Crippen LogP contribution is 2.10. The highest BCUT2D eigenvalue weighted by molar-refractivity contribution is 6.30. The Morgan fingerprint density at radius 3 is 2.65 bits per heavy atom. The van der Waals surface area contributed by atoms with Crippen molar-refractivity contribution in [2.24, 2.45) is 0 Å². The number of rotatable bonds is 6. The molecule has 6 heteroatoms. The standard InChI is InChI=1S/C17H18ClN3O2/c1-21(10-7-13-5-8-19-9-6-13)16(22)12-20-17(23)14-3-2-4-15(18)11-14/h2-6,8-9,11H,7,10,12H2,1H3,(H,20,23). The average molecular weight is 332 g/mol. The Hall–Kier alpha value is -2.40. The van der Waals surface area contributed by atoms with Gasteiger partial charge in [-0.2, -0.15) is 0 Å². The van der Waals surface area contributed by atoms with Crippen molar-refractivity contribution in [1.82, 2.24) is 15.2 Å². The smallest absolute Gasteiger partial charge is 0.251 e. The topological polar surface area (TPSA) is 62.3 Å². The van der Waals surface area contributed by atoms with Crippen LogP contribution in [0.1, 0.15) is 15.9 Å². The van der Waals surface area contributed by atoms with Crippen LogP contribution in [0.25, 0.3) is 0 Å². The molecule has 2 aromatic rings. The van der Waals surface area contributed by atoms with Gasteiger partial charge in [-0.3, -0.25) is 14.6 Å². The van der Waals surface area contributed by atoms with E-state index in [9.17, 15) is 9.59 Å². The number of benzene rings is 1. The second-order valence-electron chi connectivity index (χ2n) is 5.11. The van der Waals surface area contributed by atoms with Gasteiger partial charge in [-0.25, -0.2) is 0 Å². The predicted octanol–water partition coefficient (Wildman–Crippen LogP) is 2.17. The lowest BCUT2D eigenvalue weighted by atomic mass is 10.2. The van der Waals surface area contributed by atoms with Gasteiger partial charge in [-0.05, 0) is 42.3 Å². The third-order valence-electron chi connectivity index (χ3n) is 3.40. The third kappa shape index (κ3) is 5.38. The van der Waals surface area contributed by atoms with Crippen LogP contribution in [0.3, 0.4) is 0 Å². The summed E-state index contributed by atoms with van der Waals surface area (Å²) in [7, 11) is 1.72. The van der Waals surface area contributed by atoms with E-state index in [0.717, 1.165) is 12.0 Å². The lowest BCUT2D eigenvalue weighted by Crippen LogP contribution is -2.39. The van der Waals surface area contributed by atoms with Crippen LogP contribution in [0, 0.1) is 0 Å². The Morgan fingerprint density at radius 2 is 1.96 bits per heavy atom. The van der Waals surface area contributed by atoms with Gasteiger partial charge in [0.2, 0.25) is 5.91 Å². The largest absolute Gasteiger partial charge is 0.344 e. The lowest BCUT2D eigenvalue weighted by Gasteiger charge is -2.17. The van der Waals surface area contributed by atoms with Crippen LogP contribution in [-0.2, 0) is 11.2 Å². The van der Waals surface area contributed by atoms with Crippen molar-refractivity contribution in [3.63, 3.8) is 0 Å². The van der Waals surface area contributed by atoms with E-state index in [1.54, 1.807) is 48.6 Å². The zero-order chi connectivity index (χ0) is 16.7. The van der Waals surface area contributed by atoms with Gasteiger partial charge in [0.1, 0.15) is 0 Å². The molecule has 0 aliphatic carbocycles. The van der Waals surface area contributed by atoms with Gasteiger partial charge in [0.25, 0.3) is 5.91 Å². The maximum absolute atomic E-state index is 12.0.